The van der Waals surface area contributed by atoms with Crippen molar-refractivity contribution in [3.05, 3.63) is 60.3 Å². The van der Waals surface area contributed by atoms with E-state index in [1.807, 2.05) is 24.4 Å². The summed E-state index contributed by atoms with van der Waals surface area (Å²) in [6, 6.07) is 10.2. The van der Waals surface area contributed by atoms with Crippen LogP contribution in [0.4, 0.5) is 4.39 Å². The molecule has 1 aliphatic rings. The van der Waals surface area contributed by atoms with Gasteiger partial charge in [-0.05, 0) is 43.2 Å². The van der Waals surface area contributed by atoms with Crippen molar-refractivity contribution in [2.45, 2.75) is 23.8 Å². The van der Waals surface area contributed by atoms with Gasteiger partial charge in [0.25, 0.3) is 0 Å². The van der Waals surface area contributed by atoms with Gasteiger partial charge in [0.15, 0.2) is 11.5 Å². The number of benzene rings is 1. The molecule has 6 nitrogen and oxygen atoms in total. The third-order valence-electron chi connectivity index (χ3n) is 4.24. The van der Waals surface area contributed by atoms with Gasteiger partial charge in [0, 0.05) is 12.7 Å². The molecule has 1 atom stereocenters. The van der Waals surface area contributed by atoms with E-state index in [9.17, 15) is 12.8 Å². The standard InChI is InChI=1S/C16H15FN4O2S/c17-12-5-3-6-13(11-12)24(22,23)21-10-4-7-14(21)16-19-18-15-8-1-2-9-20(15)16/h1-3,5-6,8-9,11,14H,4,7,10H2/t14-/m0/s1. The monoisotopic (exact) mass is 346 g/mol. The first-order valence-electron chi connectivity index (χ1n) is 7.64. The molecule has 3 aromatic rings. The number of halogens is 1. The maximum atomic E-state index is 13.5. The van der Waals surface area contributed by atoms with E-state index in [0.717, 1.165) is 12.5 Å². The predicted molar refractivity (Wildman–Crippen MR) is 85.3 cm³/mol. The smallest absolute Gasteiger partial charge is 0.243 e. The van der Waals surface area contributed by atoms with Gasteiger partial charge in [0.2, 0.25) is 10.0 Å². The van der Waals surface area contributed by atoms with Crippen molar-refractivity contribution in [1.82, 2.24) is 18.9 Å². The number of hydrogen-bond donors (Lipinski definition) is 0. The van der Waals surface area contributed by atoms with E-state index in [0.29, 0.717) is 24.4 Å². The van der Waals surface area contributed by atoms with Crippen LogP contribution in [0.15, 0.2) is 53.6 Å². The van der Waals surface area contributed by atoms with Crippen LogP contribution in [0.2, 0.25) is 0 Å². The fourth-order valence-electron chi connectivity index (χ4n) is 3.14. The maximum Gasteiger partial charge on any atom is 0.243 e. The molecule has 0 saturated carbocycles. The molecule has 0 spiro atoms. The van der Waals surface area contributed by atoms with Crippen LogP contribution >= 0.6 is 0 Å². The van der Waals surface area contributed by atoms with E-state index >= 15 is 0 Å². The Kier molecular flexibility index (Phi) is 3.58. The molecule has 0 amide bonds. The summed E-state index contributed by atoms with van der Waals surface area (Å²) < 4.78 is 42.5. The Bertz CT molecular complexity index is 1000. The van der Waals surface area contributed by atoms with Crippen LogP contribution in [-0.4, -0.2) is 33.9 Å². The van der Waals surface area contributed by atoms with Gasteiger partial charge in [0.05, 0.1) is 10.9 Å². The molecule has 0 radical (unpaired) electrons. The number of fused-ring (bicyclic) bond motifs is 1. The molecule has 0 aliphatic carbocycles. The minimum atomic E-state index is -3.79. The summed E-state index contributed by atoms with van der Waals surface area (Å²) >= 11 is 0. The van der Waals surface area contributed by atoms with Crippen molar-refractivity contribution in [2.75, 3.05) is 6.54 Å². The van der Waals surface area contributed by atoms with Crippen molar-refractivity contribution < 1.29 is 12.8 Å². The molecule has 8 heteroatoms. The van der Waals surface area contributed by atoms with E-state index < -0.39 is 21.9 Å². The summed E-state index contributed by atoms with van der Waals surface area (Å²) in [5, 5.41) is 8.28. The highest BCUT2D eigenvalue weighted by atomic mass is 32.2. The van der Waals surface area contributed by atoms with Gasteiger partial charge >= 0.3 is 0 Å². The number of sulfonamides is 1. The molecule has 3 heterocycles. The van der Waals surface area contributed by atoms with Gasteiger partial charge in [-0.1, -0.05) is 12.1 Å². The Morgan fingerprint density at radius 3 is 2.83 bits per heavy atom. The Labute approximate surface area is 138 Å². The van der Waals surface area contributed by atoms with E-state index in [1.165, 1.54) is 22.5 Å². The molecule has 0 unspecified atom stereocenters. The summed E-state index contributed by atoms with van der Waals surface area (Å²) in [6.07, 6.45) is 3.20. The lowest BCUT2D eigenvalue weighted by Gasteiger charge is -2.23. The molecule has 0 bridgehead atoms. The molecular weight excluding hydrogens is 331 g/mol. The van der Waals surface area contributed by atoms with Gasteiger partial charge in [0.1, 0.15) is 5.82 Å². The summed E-state index contributed by atoms with van der Waals surface area (Å²) in [4.78, 5) is -0.0387. The maximum absolute atomic E-state index is 13.5. The Morgan fingerprint density at radius 1 is 1.12 bits per heavy atom. The molecule has 24 heavy (non-hydrogen) atoms. The highest BCUT2D eigenvalue weighted by molar-refractivity contribution is 7.89. The zero-order chi connectivity index (χ0) is 16.7. The molecule has 1 aromatic carbocycles. The Morgan fingerprint density at radius 2 is 2.00 bits per heavy atom. The van der Waals surface area contributed by atoms with Crippen LogP contribution in [0.1, 0.15) is 24.7 Å². The number of pyridine rings is 1. The molecular formula is C16H15FN4O2S. The van der Waals surface area contributed by atoms with Crippen molar-refractivity contribution in [3.63, 3.8) is 0 Å². The largest absolute Gasteiger partial charge is 0.285 e. The van der Waals surface area contributed by atoms with Crippen LogP contribution in [-0.2, 0) is 10.0 Å². The predicted octanol–water partition coefficient (Wildman–Crippen LogP) is 2.39. The first-order chi connectivity index (χ1) is 11.6. The Balaban J connectivity index is 1.78. The number of nitrogens with zero attached hydrogens (tertiary/aromatic N) is 4. The molecule has 1 saturated heterocycles. The minimum Gasteiger partial charge on any atom is -0.285 e. The Hall–Kier alpha value is -2.32. The minimum absolute atomic E-state index is 0.0387. The highest BCUT2D eigenvalue weighted by Gasteiger charge is 2.38. The lowest BCUT2D eigenvalue weighted by atomic mass is 10.2. The number of aromatic nitrogens is 3. The van der Waals surface area contributed by atoms with Crippen LogP contribution in [0, 0.1) is 5.82 Å². The van der Waals surface area contributed by atoms with Gasteiger partial charge in [-0.2, -0.15) is 4.31 Å². The molecule has 0 N–H and O–H groups in total. The quantitative estimate of drug-likeness (QED) is 0.730. The van der Waals surface area contributed by atoms with Crippen LogP contribution in [0.3, 0.4) is 0 Å². The molecule has 124 valence electrons. The van der Waals surface area contributed by atoms with Crippen LogP contribution in [0.5, 0.6) is 0 Å². The van der Waals surface area contributed by atoms with Crippen molar-refractivity contribution in [2.24, 2.45) is 0 Å². The average Bonchev–Trinajstić information content (AvgIpc) is 3.21. The molecule has 4 rings (SSSR count). The summed E-state index contributed by atoms with van der Waals surface area (Å²) in [5.74, 6) is 0.0165. The summed E-state index contributed by atoms with van der Waals surface area (Å²) in [7, 11) is -3.79. The topological polar surface area (TPSA) is 67.6 Å². The first-order valence-corrected chi connectivity index (χ1v) is 9.08. The van der Waals surface area contributed by atoms with E-state index in [4.69, 9.17) is 0 Å². The van der Waals surface area contributed by atoms with E-state index in [2.05, 4.69) is 10.2 Å². The van der Waals surface area contributed by atoms with Gasteiger partial charge < -0.3 is 0 Å². The second-order valence-corrected chi connectivity index (χ2v) is 7.61. The second kappa shape index (κ2) is 5.64. The third-order valence-corrected chi connectivity index (χ3v) is 6.15. The van der Waals surface area contributed by atoms with E-state index in [1.54, 1.807) is 4.40 Å². The zero-order valence-corrected chi connectivity index (χ0v) is 13.5. The highest BCUT2D eigenvalue weighted by Crippen LogP contribution is 2.35. The summed E-state index contributed by atoms with van der Waals surface area (Å²) in [6.45, 7) is 0.380. The molecule has 1 aliphatic heterocycles. The molecule has 2 aromatic heterocycles. The third kappa shape index (κ3) is 2.38. The van der Waals surface area contributed by atoms with Crippen molar-refractivity contribution in [3.8, 4) is 0 Å². The van der Waals surface area contributed by atoms with Gasteiger partial charge in [-0.3, -0.25) is 4.40 Å². The first kappa shape index (κ1) is 15.2. The lowest BCUT2D eigenvalue weighted by molar-refractivity contribution is 0.381. The SMILES string of the molecule is O=S(=O)(c1cccc(F)c1)N1CCC[C@H]1c1nnc2ccccn12. The zero-order valence-electron chi connectivity index (χ0n) is 12.7. The van der Waals surface area contributed by atoms with Gasteiger partial charge in [-0.25, -0.2) is 12.8 Å². The number of rotatable bonds is 3. The average molecular weight is 346 g/mol. The molecule has 1 fully saturated rings. The normalized spacial score (nSPS) is 19.1. The van der Waals surface area contributed by atoms with Gasteiger partial charge in [-0.15, -0.1) is 10.2 Å². The second-order valence-electron chi connectivity index (χ2n) is 5.72. The van der Waals surface area contributed by atoms with Crippen molar-refractivity contribution in [1.29, 1.82) is 0 Å². The van der Waals surface area contributed by atoms with Crippen LogP contribution < -0.4 is 0 Å². The lowest BCUT2D eigenvalue weighted by Crippen LogP contribution is -2.31. The van der Waals surface area contributed by atoms with Crippen molar-refractivity contribution >= 4 is 15.7 Å². The fraction of sp³-hybridized carbons (Fsp3) is 0.250. The van der Waals surface area contributed by atoms with E-state index in [-0.39, 0.29) is 4.90 Å². The number of hydrogen-bond acceptors (Lipinski definition) is 4. The summed E-state index contributed by atoms with van der Waals surface area (Å²) in [5.41, 5.74) is 0.669. The van der Waals surface area contributed by atoms with Crippen LogP contribution in [0.25, 0.3) is 5.65 Å². The fourth-order valence-corrected chi connectivity index (χ4v) is 4.82.